The molecule has 3 rings (SSSR count). The molecule has 0 bridgehead atoms. The number of aliphatic hydroxyl groups is 1. The highest BCUT2D eigenvalue weighted by atomic mass is 31.2. The largest absolute Gasteiger partial charge is 0.480 e. The number of benzene rings is 1. The van der Waals surface area contributed by atoms with E-state index in [1.807, 2.05) is 4.98 Å². The number of ether oxygens (including phenoxy) is 1. The summed E-state index contributed by atoms with van der Waals surface area (Å²) in [5.41, 5.74) is -4.16. The van der Waals surface area contributed by atoms with E-state index in [2.05, 4.69) is 5.09 Å². The predicted octanol–water partition coefficient (Wildman–Crippen LogP) is 1.82. The van der Waals surface area contributed by atoms with E-state index in [1.54, 1.807) is 32.0 Å². The molecule has 0 saturated carbocycles. The van der Waals surface area contributed by atoms with Gasteiger partial charge in [-0.25, -0.2) is 13.8 Å². The Morgan fingerprint density at radius 2 is 1.97 bits per heavy atom. The molecule has 0 aliphatic carbocycles. The third-order valence-electron chi connectivity index (χ3n) is 5.52. The number of para-hydroxylation sites is 1. The minimum atomic E-state index is -4.40. The molecule has 6 atom stereocenters. The molecule has 1 unspecified atom stereocenters. The Morgan fingerprint density at radius 1 is 1.31 bits per heavy atom. The van der Waals surface area contributed by atoms with Crippen molar-refractivity contribution in [2.75, 3.05) is 6.61 Å². The number of nitrogens with zero attached hydrogens (tertiary/aromatic N) is 1. The Balaban J connectivity index is 1.83. The fraction of sp³-hybridized carbons (Fsp3) is 0.500. The van der Waals surface area contributed by atoms with Crippen LogP contribution in [0.1, 0.15) is 33.4 Å². The normalized spacial score (nSPS) is 26.4. The Kier molecular flexibility index (Phi) is 8.52. The summed E-state index contributed by atoms with van der Waals surface area (Å²) < 4.78 is 46.3. The van der Waals surface area contributed by atoms with E-state index in [1.165, 1.54) is 12.1 Å². The van der Waals surface area contributed by atoms with Gasteiger partial charge in [-0.15, -0.1) is 0 Å². The average Bonchev–Trinajstić information content (AvgIpc) is 3.01. The van der Waals surface area contributed by atoms with E-state index >= 15 is 4.39 Å². The van der Waals surface area contributed by atoms with Crippen molar-refractivity contribution in [1.29, 1.82) is 0 Å². The summed E-state index contributed by atoms with van der Waals surface area (Å²) in [4.78, 5) is 37.2. The standard InChI is InChI=1S/C22H29FN3O9P/c1-13(2)11-15(19(29)30)25-36(32,35-14-7-5-4-6-8-14)33-12-16-18(28)22(3,23)20(34-16)26-10-9-17(27)24-21(26)31/h4-10,13,15-16,18,20,28H,11-12H2,1-3H3,(H,25,32)(H,29,30)(H,24,27,31)/t15-,16+,18+,20+,22+,36?/m0/s1. The van der Waals surface area contributed by atoms with Crippen LogP contribution < -0.4 is 20.9 Å². The molecule has 1 saturated heterocycles. The van der Waals surface area contributed by atoms with Gasteiger partial charge in [-0.1, -0.05) is 32.0 Å². The van der Waals surface area contributed by atoms with E-state index in [0.29, 0.717) is 0 Å². The number of aromatic amines is 1. The van der Waals surface area contributed by atoms with Gasteiger partial charge in [0.1, 0.15) is 24.0 Å². The fourth-order valence-corrected chi connectivity index (χ4v) is 5.24. The summed E-state index contributed by atoms with van der Waals surface area (Å²) in [5.74, 6) is -1.24. The zero-order valence-corrected chi connectivity index (χ0v) is 20.8. The number of aromatic nitrogens is 2. The molecule has 0 amide bonds. The van der Waals surface area contributed by atoms with E-state index in [-0.39, 0.29) is 18.1 Å². The summed E-state index contributed by atoms with van der Waals surface area (Å²) in [6.07, 6.45) is -3.78. The van der Waals surface area contributed by atoms with Crippen LogP contribution in [0.2, 0.25) is 0 Å². The maximum absolute atomic E-state index is 15.4. The van der Waals surface area contributed by atoms with Crippen LogP contribution in [0.5, 0.6) is 5.75 Å². The van der Waals surface area contributed by atoms with Crippen molar-refractivity contribution in [3.8, 4) is 5.75 Å². The second kappa shape index (κ2) is 11.1. The van der Waals surface area contributed by atoms with Crippen LogP contribution in [0, 0.1) is 5.92 Å². The molecule has 1 aliphatic heterocycles. The third-order valence-corrected chi connectivity index (χ3v) is 7.09. The minimum absolute atomic E-state index is 0.0765. The Labute approximate surface area is 205 Å². The topological polar surface area (TPSA) is 169 Å². The Morgan fingerprint density at radius 3 is 2.56 bits per heavy atom. The number of alkyl halides is 1. The first kappa shape index (κ1) is 27.8. The fourth-order valence-electron chi connectivity index (χ4n) is 3.72. The van der Waals surface area contributed by atoms with Crippen molar-refractivity contribution in [2.45, 2.75) is 57.3 Å². The molecule has 4 N–H and O–H groups in total. The highest BCUT2D eigenvalue weighted by molar-refractivity contribution is 7.52. The number of carboxylic acid groups (broad SMARTS) is 1. The lowest BCUT2D eigenvalue weighted by molar-refractivity contribution is -0.139. The molecule has 2 aromatic rings. The van der Waals surface area contributed by atoms with Gasteiger partial charge in [0.2, 0.25) is 0 Å². The lowest BCUT2D eigenvalue weighted by atomic mass is 9.98. The summed E-state index contributed by atoms with van der Waals surface area (Å²) >= 11 is 0. The minimum Gasteiger partial charge on any atom is -0.480 e. The Bertz CT molecular complexity index is 1220. The first-order valence-electron chi connectivity index (χ1n) is 11.2. The summed E-state index contributed by atoms with van der Waals surface area (Å²) in [6, 6.07) is 7.55. The van der Waals surface area contributed by atoms with E-state index in [9.17, 15) is 29.2 Å². The quantitative estimate of drug-likeness (QED) is 0.315. The second-order valence-electron chi connectivity index (χ2n) is 8.99. The first-order chi connectivity index (χ1) is 16.8. The maximum atomic E-state index is 15.4. The van der Waals surface area contributed by atoms with Gasteiger partial charge in [0.15, 0.2) is 11.9 Å². The molecular formula is C22H29FN3O9P. The number of nitrogens with one attached hydrogen (secondary N) is 2. The number of carboxylic acids is 1. The smallest absolute Gasteiger partial charge is 0.459 e. The van der Waals surface area contributed by atoms with Crippen LogP contribution >= 0.6 is 7.75 Å². The number of aliphatic hydroxyl groups excluding tert-OH is 1. The van der Waals surface area contributed by atoms with Gasteiger partial charge in [-0.05, 0) is 31.4 Å². The van der Waals surface area contributed by atoms with E-state index in [0.717, 1.165) is 23.8 Å². The van der Waals surface area contributed by atoms with Crippen molar-refractivity contribution < 1.29 is 37.7 Å². The van der Waals surface area contributed by atoms with Crippen molar-refractivity contribution in [3.63, 3.8) is 0 Å². The molecular weight excluding hydrogens is 500 g/mol. The molecule has 14 heteroatoms. The highest BCUT2D eigenvalue weighted by Crippen LogP contribution is 2.47. The molecule has 1 aromatic heterocycles. The zero-order valence-electron chi connectivity index (χ0n) is 19.9. The third kappa shape index (κ3) is 6.48. The average molecular weight is 529 g/mol. The monoisotopic (exact) mass is 529 g/mol. The van der Waals surface area contributed by atoms with Gasteiger partial charge >= 0.3 is 19.4 Å². The van der Waals surface area contributed by atoms with Crippen LogP contribution in [0.15, 0.2) is 52.2 Å². The lowest BCUT2D eigenvalue weighted by Gasteiger charge is -2.26. The van der Waals surface area contributed by atoms with Crippen LogP contribution in [0.4, 0.5) is 4.39 Å². The molecule has 198 valence electrons. The predicted molar refractivity (Wildman–Crippen MR) is 125 cm³/mol. The number of rotatable bonds is 11. The van der Waals surface area contributed by atoms with Crippen molar-refractivity contribution >= 4 is 13.7 Å². The molecule has 36 heavy (non-hydrogen) atoms. The number of hydrogen-bond donors (Lipinski definition) is 4. The van der Waals surface area contributed by atoms with E-state index in [4.69, 9.17) is 13.8 Å². The van der Waals surface area contributed by atoms with Crippen LogP contribution in [-0.4, -0.2) is 56.3 Å². The van der Waals surface area contributed by atoms with Crippen molar-refractivity contribution in [2.24, 2.45) is 5.92 Å². The lowest BCUT2D eigenvalue weighted by Crippen LogP contribution is -2.44. The van der Waals surface area contributed by atoms with Gasteiger partial charge < -0.3 is 19.5 Å². The molecule has 1 aliphatic rings. The molecule has 12 nitrogen and oxygen atoms in total. The number of aliphatic carboxylic acids is 1. The number of hydrogen-bond acceptors (Lipinski definition) is 8. The van der Waals surface area contributed by atoms with Crippen molar-refractivity contribution in [1.82, 2.24) is 14.6 Å². The van der Waals surface area contributed by atoms with Crippen LogP contribution in [-0.2, 0) is 18.6 Å². The zero-order chi connectivity index (χ0) is 26.7. The summed E-state index contributed by atoms with van der Waals surface area (Å²) in [7, 11) is -4.40. The molecule has 1 fully saturated rings. The number of carbonyl (C=O) groups is 1. The van der Waals surface area contributed by atoms with E-state index < -0.39 is 61.7 Å². The molecule has 1 aromatic carbocycles. The maximum Gasteiger partial charge on any atom is 0.459 e. The summed E-state index contributed by atoms with van der Waals surface area (Å²) in [5, 5.41) is 22.6. The SMILES string of the molecule is CC(C)C[C@H](NP(=O)(OC[C@H]1O[C@@H](n2ccc(=O)[nH]c2=O)[C@](C)(F)[C@@H]1O)Oc1ccccc1)C(=O)O. The van der Waals surface area contributed by atoms with Gasteiger partial charge in [0.05, 0.1) is 6.61 Å². The van der Waals surface area contributed by atoms with Gasteiger partial charge in [0, 0.05) is 12.3 Å². The number of halogens is 1. The molecule has 0 spiro atoms. The molecule has 0 radical (unpaired) electrons. The Hall–Kier alpha value is -2.83. The highest BCUT2D eigenvalue weighted by Gasteiger charge is 2.56. The number of H-pyrrole nitrogens is 1. The van der Waals surface area contributed by atoms with Crippen LogP contribution in [0.25, 0.3) is 0 Å². The van der Waals surface area contributed by atoms with Gasteiger partial charge in [-0.3, -0.25) is 23.7 Å². The van der Waals surface area contributed by atoms with Crippen LogP contribution in [0.3, 0.4) is 0 Å². The summed E-state index contributed by atoms with van der Waals surface area (Å²) in [6.45, 7) is 3.89. The second-order valence-corrected chi connectivity index (χ2v) is 10.7. The molecule has 2 heterocycles. The van der Waals surface area contributed by atoms with Crippen molar-refractivity contribution in [3.05, 3.63) is 63.4 Å². The first-order valence-corrected chi connectivity index (χ1v) is 12.7. The van der Waals surface area contributed by atoms with Gasteiger partial charge in [-0.2, -0.15) is 5.09 Å². The van der Waals surface area contributed by atoms with Gasteiger partial charge in [0.25, 0.3) is 5.56 Å².